The highest BCUT2D eigenvalue weighted by Gasteiger charge is 2.22. The number of hydrazine groups is 1. The molecule has 10 nitrogen and oxygen atoms in total. The Balaban J connectivity index is 1.70. The van der Waals surface area contributed by atoms with Gasteiger partial charge in [0.25, 0.3) is 5.91 Å². The molecule has 0 fully saturated rings. The van der Waals surface area contributed by atoms with Gasteiger partial charge in [0.2, 0.25) is 15.8 Å². The van der Waals surface area contributed by atoms with Crippen LogP contribution in [0.4, 0.5) is 6.01 Å². The molecule has 2 heterocycles. The van der Waals surface area contributed by atoms with Crippen LogP contribution in [0, 0.1) is 0 Å². The first-order valence-electron chi connectivity index (χ1n) is 8.86. The summed E-state index contributed by atoms with van der Waals surface area (Å²) in [6.07, 6.45) is 3.19. The molecule has 2 N–H and O–H groups in total. The highest BCUT2D eigenvalue weighted by Crippen LogP contribution is 2.18. The van der Waals surface area contributed by atoms with E-state index in [2.05, 4.69) is 26.0 Å². The van der Waals surface area contributed by atoms with E-state index in [-0.39, 0.29) is 16.5 Å². The number of carbonyl (C=O) groups is 1. The molecule has 1 amide bonds. The lowest BCUT2D eigenvalue weighted by Gasteiger charge is -2.18. The van der Waals surface area contributed by atoms with Crippen molar-refractivity contribution in [2.45, 2.75) is 18.7 Å². The first kappa shape index (κ1) is 20.4. The van der Waals surface area contributed by atoms with E-state index in [1.54, 1.807) is 38.4 Å². The van der Waals surface area contributed by atoms with Crippen molar-refractivity contribution in [2.24, 2.45) is 0 Å². The molecule has 0 saturated heterocycles. The number of rotatable bonds is 8. The van der Waals surface area contributed by atoms with E-state index < -0.39 is 15.9 Å². The number of anilines is 1. The molecule has 0 aliphatic rings. The average molecular weight is 416 g/mol. The second-order valence-electron chi connectivity index (χ2n) is 5.86. The van der Waals surface area contributed by atoms with Crippen LogP contribution in [-0.4, -0.2) is 46.8 Å². The number of nitrogens with zero attached hydrogens (tertiary/aromatic N) is 4. The first-order valence-corrected chi connectivity index (χ1v) is 10.3. The molecule has 0 aliphatic heterocycles. The van der Waals surface area contributed by atoms with Gasteiger partial charge < -0.3 is 4.52 Å². The number of hydrogen-bond acceptors (Lipinski definition) is 8. The van der Waals surface area contributed by atoms with Crippen molar-refractivity contribution >= 4 is 21.9 Å². The molecule has 1 aromatic carbocycles. The smallest absolute Gasteiger partial charge is 0.313 e. The fourth-order valence-electron chi connectivity index (χ4n) is 2.59. The van der Waals surface area contributed by atoms with Crippen LogP contribution in [0.5, 0.6) is 0 Å². The fraction of sp³-hybridized carbons (Fsp3) is 0.222. The molecule has 0 unspecified atom stereocenters. The van der Waals surface area contributed by atoms with E-state index in [1.807, 2.05) is 0 Å². The molecule has 3 aromatic rings. The number of amides is 1. The van der Waals surface area contributed by atoms with Crippen molar-refractivity contribution in [2.75, 3.05) is 18.5 Å². The van der Waals surface area contributed by atoms with Crippen molar-refractivity contribution in [3.63, 3.8) is 0 Å². The van der Waals surface area contributed by atoms with Crippen LogP contribution < -0.4 is 10.9 Å². The Hall–Kier alpha value is -3.31. The SMILES string of the molecule is CCN(CC)S(=O)(=O)c1cccc(C(=O)NNc2nc(-c3ccncc3)no2)c1. The van der Waals surface area contributed by atoms with Crippen LogP contribution in [0.3, 0.4) is 0 Å². The van der Waals surface area contributed by atoms with Crippen LogP contribution in [-0.2, 0) is 10.0 Å². The monoisotopic (exact) mass is 416 g/mol. The van der Waals surface area contributed by atoms with E-state index in [9.17, 15) is 13.2 Å². The molecule has 0 bridgehead atoms. The second kappa shape index (κ2) is 8.80. The van der Waals surface area contributed by atoms with E-state index in [0.717, 1.165) is 0 Å². The summed E-state index contributed by atoms with van der Waals surface area (Å²) in [5.74, 6) is -0.221. The second-order valence-corrected chi connectivity index (χ2v) is 7.79. The molecule has 29 heavy (non-hydrogen) atoms. The van der Waals surface area contributed by atoms with Gasteiger partial charge in [-0.3, -0.25) is 15.2 Å². The van der Waals surface area contributed by atoms with E-state index in [4.69, 9.17) is 4.52 Å². The summed E-state index contributed by atoms with van der Waals surface area (Å²) in [5.41, 5.74) is 5.80. The summed E-state index contributed by atoms with van der Waals surface area (Å²) >= 11 is 0. The summed E-state index contributed by atoms with van der Waals surface area (Å²) in [6, 6.07) is 9.22. The van der Waals surface area contributed by atoms with E-state index in [0.29, 0.717) is 24.5 Å². The molecule has 0 saturated carbocycles. The zero-order valence-corrected chi connectivity index (χ0v) is 16.7. The normalized spacial score (nSPS) is 11.4. The highest BCUT2D eigenvalue weighted by atomic mass is 32.2. The zero-order valence-electron chi connectivity index (χ0n) is 15.9. The molecule has 152 valence electrons. The van der Waals surface area contributed by atoms with Gasteiger partial charge in [0, 0.05) is 36.6 Å². The largest absolute Gasteiger partial charge is 0.340 e. The van der Waals surface area contributed by atoms with Gasteiger partial charge in [0.05, 0.1) is 4.90 Å². The van der Waals surface area contributed by atoms with Crippen LogP contribution in [0.25, 0.3) is 11.4 Å². The minimum Gasteiger partial charge on any atom is -0.313 e. The Kier molecular flexibility index (Phi) is 6.20. The van der Waals surface area contributed by atoms with Crippen molar-refractivity contribution in [3.05, 3.63) is 54.4 Å². The third kappa shape index (κ3) is 4.58. The lowest BCUT2D eigenvalue weighted by molar-refractivity contribution is 0.0961. The number of carbonyl (C=O) groups excluding carboxylic acids is 1. The van der Waals surface area contributed by atoms with Gasteiger partial charge in [-0.2, -0.15) is 9.29 Å². The minimum absolute atomic E-state index is 0.0166. The van der Waals surface area contributed by atoms with Crippen LogP contribution in [0.1, 0.15) is 24.2 Å². The van der Waals surface area contributed by atoms with Crippen LogP contribution in [0.2, 0.25) is 0 Å². The molecular formula is C18H20N6O4S. The number of sulfonamides is 1. The van der Waals surface area contributed by atoms with E-state index in [1.165, 1.54) is 28.6 Å². The van der Waals surface area contributed by atoms with Crippen LogP contribution >= 0.6 is 0 Å². The predicted molar refractivity (Wildman–Crippen MR) is 105 cm³/mol. The molecule has 0 aliphatic carbocycles. The number of aromatic nitrogens is 3. The Labute approximate surface area is 168 Å². The van der Waals surface area contributed by atoms with Gasteiger partial charge in [-0.25, -0.2) is 13.8 Å². The number of hydrogen-bond donors (Lipinski definition) is 2. The van der Waals surface area contributed by atoms with Crippen molar-refractivity contribution in [1.82, 2.24) is 24.9 Å². The highest BCUT2D eigenvalue weighted by molar-refractivity contribution is 7.89. The molecule has 11 heteroatoms. The molecule has 3 rings (SSSR count). The summed E-state index contributed by atoms with van der Waals surface area (Å²) in [7, 11) is -3.66. The zero-order chi connectivity index (χ0) is 20.9. The summed E-state index contributed by atoms with van der Waals surface area (Å²) in [5, 5.41) is 3.81. The summed E-state index contributed by atoms with van der Waals surface area (Å²) < 4.78 is 31.6. The third-order valence-electron chi connectivity index (χ3n) is 4.09. The van der Waals surface area contributed by atoms with Gasteiger partial charge >= 0.3 is 6.01 Å². The fourth-order valence-corrected chi connectivity index (χ4v) is 4.09. The first-order chi connectivity index (χ1) is 14.0. The quantitative estimate of drug-likeness (QED) is 0.533. The summed E-state index contributed by atoms with van der Waals surface area (Å²) in [6.45, 7) is 4.19. The topological polar surface area (TPSA) is 130 Å². The molecule has 0 spiro atoms. The number of nitrogens with one attached hydrogen (secondary N) is 2. The molecule has 2 aromatic heterocycles. The Morgan fingerprint density at radius 2 is 1.86 bits per heavy atom. The maximum Gasteiger partial charge on any atom is 0.340 e. The van der Waals surface area contributed by atoms with Gasteiger partial charge in [-0.05, 0) is 30.3 Å². The van der Waals surface area contributed by atoms with Crippen molar-refractivity contribution in [3.8, 4) is 11.4 Å². The predicted octanol–water partition coefficient (Wildman–Crippen LogP) is 1.92. The number of pyridine rings is 1. The standard InChI is InChI=1S/C18H20N6O4S/c1-3-24(4-2)29(26,27)15-7-5-6-14(12-15)17(25)21-22-18-20-16(23-28-18)13-8-10-19-11-9-13/h5-12H,3-4H2,1-2H3,(H,21,25)(H,20,22,23). The summed E-state index contributed by atoms with van der Waals surface area (Å²) in [4.78, 5) is 20.5. The average Bonchev–Trinajstić information content (AvgIpc) is 3.22. The van der Waals surface area contributed by atoms with Crippen LogP contribution in [0.15, 0.2) is 58.2 Å². The minimum atomic E-state index is -3.66. The van der Waals surface area contributed by atoms with Gasteiger partial charge in [-0.1, -0.05) is 25.1 Å². The Morgan fingerprint density at radius 3 is 2.55 bits per heavy atom. The Morgan fingerprint density at radius 1 is 1.14 bits per heavy atom. The maximum atomic E-state index is 12.6. The van der Waals surface area contributed by atoms with Crippen molar-refractivity contribution in [1.29, 1.82) is 0 Å². The Bertz CT molecular complexity index is 1080. The third-order valence-corrected chi connectivity index (χ3v) is 6.13. The van der Waals surface area contributed by atoms with Crippen molar-refractivity contribution < 1.29 is 17.7 Å². The maximum absolute atomic E-state index is 12.6. The van der Waals surface area contributed by atoms with Gasteiger partial charge in [0.15, 0.2) is 0 Å². The number of benzene rings is 1. The lowest BCUT2D eigenvalue weighted by Crippen LogP contribution is -2.32. The molecule has 0 radical (unpaired) electrons. The molecule has 0 atom stereocenters. The lowest BCUT2D eigenvalue weighted by atomic mass is 10.2. The van der Waals surface area contributed by atoms with Gasteiger partial charge in [0.1, 0.15) is 0 Å². The molecular weight excluding hydrogens is 396 g/mol. The van der Waals surface area contributed by atoms with E-state index >= 15 is 0 Å². The van der Waals surface area contributed by atoms with Gasteiger partial charge in [-0.15, -0.1) is 0 Å².